The molecule has 0 bridgehead atoms. The number of amides is 1. The third-order valence-corrected chi connectivity index (χ3v) is 6.21. The first-order chi connectivity index (χ1) is 13.0. The zero-order chi connectivity index (χ0) is 19.2. The van der Waals surface area contributed by atoms with Crippen LogP contribution in [0, 0.1) is 0 Å². The number of ether oxygens (including phenoxy) is 1. The summed E-state index contributed by atoms with van der Waals surface area (Å²) in [7, 11) is 1.55. The fourth-order valence-corrected chi connectivity index (χ4v) is 4.40. The van der Waals surface area contributed by atoms with Crippen molar-refractivity contribution in [3.8, 4) is 5.75 Å². The van der Waals surface area contributed by atoms with Crippen molar-refractivity contribution in [2.24, 2.45) is 0 Å². The first kappa shape index (κ1) is 20.0. The van der Waals surface area contributed by atoms with Crippen molar-refractivity contribution in [1.82, 2.24) is 4.98 Å². The molecule has 0 saturated carbocycles. The van der Waals surface area contributed by atoms with Gasteiger partial charge >= 0.3 is 0 Å². The van der Waals surface area contributed by atoms with Crippen LogP contribution in [0.3, 0.4) is 0 Å². The molecular weight excluding hydrogens is 423 g/mol. The summed E-state index contributed by atoms with van der Waals surface area (Å²) in [4.78, 5) is 16.8. The van der Waals surface area contributed by atoms with Gasteiger partial charge in [0.1, 0.15) is 10.1 Å². The molecule has 0 spiro atoms. The molecule has 4 nitrogen and oxygen atoms in total. The quantitative estimate of drug-likeness (QED) is 0.464. The number of methoxy groups -OCH3 is 1. The minimum Gasteiger partial charge on any atom is -0.495 e. The maximum absolute atomic E-state index is 12.3. The van der Waals surface area contributed by atoms with Crippen molar-refractivity contribution in [3.63, 3.8) is 0 Å². The van der Waals surface area contributed by atoms with Gasteiger partial charge in [0.2, 0.25) is 5.91 Å². The largest absolute Gasteiger partial charge is 0.495 e. The Morgan fingerprint density at radius 3 is 2.67 bits per heavy atom. The molecule has 1 amide bonds. The minimum absolute atomic E-state index is 0.171. The molecule has 2 aromatic carbocycles. The van der Waals surface area contributed by atoms with Crippen LogP contribution in [-0.2, 0) is 17.0 Å². The van der Waals surface area contributed by atoms with E-state index < -0.39 is 0 Å². The lowest BCUT2D eigenvalue weighted by atomic mass is 10.2. The monoisotopic (exact) mass is 438 g/mol. The van der Waals surface area contributed by atoms with Gasteiger partial charge in [-0.25, -0.2) is 4.98 Å². The van der Waals surface area contributed by atoms with Gasteiger partial charge in [-0.05, 0) is 35.9 Å². The summed E-state index contributed by atoms with van der Waals surface area (Å²) in [6.07, 6.45) is 0.188. The maximum Gasteiger partial charge on any atom is 0.230 e. The predicted octanol–water partition coefficient (Wildman–Crippen LogP) is 5.93. The summed E-state index contributed by atoms with van der Waals surface area (Å²) >= 11 is 15.0. The van der Waals surface area contributed by atoms with Crippen LogP contribution in [-0.4, -0.2) is 18.0 Å². The van der Waals surface area contributed by atoms with Crippen molar-refractivity contribution in [2.75, 3.05) is 12.4 Å². The van der Waals surface area contributed by atoms with Gasteiger partial charge in [0.25, 0.3) is 0 Å². The Balaban J connectivity index is 1.56. The van der Waals surface area contributed by atoms with Crippen molar-refractivity contribution in [3.05, 3.63) is 69.1 Å². The van der Waals surface area contributed by atoms with Gasteiger partial charge in [-0.15, -0.1) is 11.3 Å². The van der Waals surface area contributed by atoms with Crippen molar-refractivity contribution < 1.29 is 9.53 Å². The molecule has 27 heavy (non-hydrogen) atoms. The van der Waals surface area contributed by atoms with Crippen LogP contribution >= 0.6 is 46.3 Å². The van der Waals surface area contributed by atoms with Crippen LogP contribution in [0.15, 0.2) is 52.2 Å². The maximum atomic E-state index is 12.3. The Hall–Kier alpha value is -1.73. The fraction of sp³-hybridized carbons (Fsp3) is 0.158. The molecule has 0 saturated heterocycles. The number of halogens is 2. The van der Waals surface area contributed by atoms with Crippen molar-refractivity contribution >= 4 is 57.9 Å². The summed E-state index contributed by atoms with van der Waals surface area (Å²) in [6, 6.07) is 12.8. The number of thioether (sulfide) groups is 1. The number of hydrogen-bond acceptors (Lipinski definition) is 5. The molecule has 0 fully saturated rings. The summed E-state index contributed by atoms with van der Waals surface area (Å²) in [5.41, 5.74) is 2.45. The number of nitrogens with zero attached hydrogens (tertiary/aromatic N) is 1. The number of hydrogen-bond donors (Lipinski definition) is 1. The fourth-order valence-electron chi connectivity index (χ4n) is 2.30. The standard InChI is InChI=1S/C19H16Cl2N2O2S2/c1-25-17-7-6-14(21)8-16(17)23-18(24)9-15-11-27-19(22-15)26-10-12-2-4-13(20)5-3-12/h2-8,11H,9-10H2,1H3,(H,23,24). The predicted molar refractivity (Wildman–Crippen MR) is 113 cm³/mol. The summed E-state index contributed by atoms with van der Waals surface area (Å²) in [6.45, 7) is 0. The first-order valence-electron chi connectivity index (χ1n) is 7.98. The third kappa shape index (κ3) is 5.87. The van der Waals surface area contributed by atoms with Crippen molar-refractivity contribution in [2.45, 2.75) is 16.5 Å². The molecular formula is C19H16Cl2N2O2S2. The van der Waals surface area contributed by atoms with E-state index in [1.54, 1.807) is 37.1 Å². The normalized spacial score (nSPS) is 10.6. The number of carbonyl (C=O) groups excluding carboxylic acids is 1. The molecule has 3 aromatic rings. The van der Waals surface area contributed by atoms with Crippen LogP contribution in [0.25, 0.3) is 0 Å². The number of rotatable bonds is 7. The molecule has 1 N–H and O–H groups in total. The molecule has 140 valence electrons. The topological polar surface area (TPSA) is 51.2 Å². The molecule has 0 aliphatic rings. The van der Waals surface area contributed by atoms with E-state index in [-0.39, 0.29) is 12.3 Å². The Morgan fingerprint density at radius 2 is 1.93 bits per heavy atom. The van der Waals surface area contributed by atoms with E-state index in [4.69, 9.17) is 27.9 Å². The number of thiazole rings is 1. The van der Waals surface area contributed by atoms with E-state index in [1.807, 2.05) is 29.6 Å². The Bertz CT molecular complexity index is 930. The highest BCUT2D eigenvalue weighted by Crippen LogP contribution is 2.29. The van der Waals surface area contributed by atoms with Gasteiger partial charge in [-0.1, -0.05) is 47.1 Å². The number of nitrogens with one attached hydrogen (secondary N) is 1. The van der Waals surface area contributed by atoms with Gasteiger partial charge in [0, 0.05) is 21.2 Å². The molecule has 3 rings (SSSR count). The van der Waals surface area contributed by atoms with E-state index in [2.05, 4.69) is 10.3 Å². The van der Waals surface area contributed by atoms with Crippen LogP contribution < -0.4 is 10.1 Å². The van der Waals surface area contributed by atoms with E-state index in [0.29, 0.717) is 16.5 Å². The van der Waals surface area contributed by atoms with E-state index in [9.17, 15) is 4.79 Å². The van der Waals surface area contributed by atoms with Crippen LogP contribution in [0.5, 0.6) is 5.75 Å². The summed E-state index contributed by atoms with van der Waals surface area (Å²) < 4.78 is 6.16. The van der Waals surface area contributed by atoms with Gasteiger partial charge < -0.3 is 10.1 Å². The van der Waals surface area contributed by atoms with Crippen molar-refractivity contribution in [1.29, 1.82) is 0 Å². The number of benzene rings is 2. The molecule has 0 unspecified atom stereocenters. The Morgan fingerprint density at radius 1 is 1.19 bits per heavy atom. The van der Waals surface area contributed by atoms with Crippen LogP contribution in [0.4, 0.5) is 5.69 Å². The zero-order valence-corrected chi connectivity index (χ0v) is 17.5. The Labute approximate surface area is 175 Å². The van der Waals surface area contributed by atoms with Gasteiger partial charge in [0.15, 0.2) is 0 Å². The highest BCUT2D eigenvalue weighted by atomic mass is 35.5. The highest BCUT2D eigenvalue weighted by molar-refractivity contribution is 8.00. The van der Waals surface area contributed by atoms with Gasteiger partial charge in [0.05, 0.1) is 24.9 Å². The minimum atomic E-state index is -0.171. The Kier molecular flexibility index (Phi) is 7.01. The third-order valence-electron chi connectivity index (χ3n) is 3.58. The second-order valence-corrected chi connectivity index (χ2v) is 8.54. The molecule has 0 radical (unpaired) electrons. The lowest BCUT2D eigenvalue weighted by molar-refractivity contribution is -0.115. The van der Waals surface area contributed by atoms with E-state index >= 15 is 0 Å². The van der Waals surface area contributed by atoms with E-state index in [1.165, 1.54) is 16.9 Å². The molecule has 0 aliphatic carbocycles. The highest BCUT2D eigenvalue weighted by Gasteiger charge is 2.12. The number of aromatic nitrogens is 1. The molecule has 0 atom stereocenters. The summed E-state index contributed by atoms with van der Waals surface area (Å²) in [5.74, 6) is 1.19. The lowest BCUT2D eigenvalue weighted by Gasteiger charge is -2.10. The average molecular weight is 439 g/mol. The van der Waals surface area contributed by atoms with E-state index in [0.717, 1.165) is 20.8 Å². The molecule has 1 aromatic heterocycles. The average Bonchev–Trinajstić information content (AvgIpc) is 3.08. The summed E-state index contributed by atoms with van der Waals surface area (Å²) in [5, 5.41) is 5.97. The smallest absolute Gasteiger partial charge is 0.230 e. The zero-order valence-electron chi connectivity index (χ0n) is 14.4. The SMILES string of the molecule is COc1ccc(Cl)cc1NC(=O)Cc1csc(SCc2ccc(Cl)cc2)n1. The number of carbonyl (C=O) groups is 1. The van der Waals surface area contributed by atoms with Crippen LogP contribution in [0.1, 0.15) is 11.3 Å². The van der Waals surface area contributed by atoms with Crippen LogP contribution in [0.2, 0.25) is 10.0 Å². The molecule has 8 heteroatoms. The first-order valence-corrected chi connectivity index (χ1v) is 10.6. The second-order valence-electron chi connectivity index (χ2n) is 5.59. The van der Waals surface area contributed by atoms with Gasteiger partial charge in [-0.3, -0.25) is 4.79 Å². The van der Waals surface area contributed by atoms with Gasteiger partial charge in [-0.2, -0.15) is 0 Å². The number of anilines is 1. The second kappa shape index (κ2) is 9.46. The molecule has 1 heterocycles. The molecule has 0 aliphatic heterocycles. The lowest BCUT2D eigenvalue weighted by Crippen LogP contribution is -2.15.